The van der Waals surface area contributed by atoms with Gasteiger partial charge in [0.2, 0.25) is 0 Å². The van der Waals surface area contributed by atoms with Crippen molar-refractivity contribution >= 4 is 5.78 Å². The topological polar surface area (TPSA) is 17.1 Å². The smallest absolute Gasteiger partial charge is 0.294 e. The molecule has 0 saturated carbocycles. The normalized spacial score (nSPS) is 11.6. The number of carbonyl (C=O) groups excluding carboxylic acids is 1. The zero-order chi connectivity index (χ0) is 11.8. The van der Waals surface area contributed by atoms with Crippen molar-refractivity contribution < 1.29 is 18.0 Å². The van der Waals surface area contributed by atoms with Crippen molar-refractivity contribution in [3.05, 3.63) is 34.4 Å². The van der Waals surface area contributed by atoms with Crippen LogP contribution in [0.2, 0.25) is 0 Å². The maximum Gasteiger partial charge on any atom is 0.417 e. The fraction of sp³-hybridized carbons (Fsp3) is 0.364. The second kappa shape index (κ2) is 3.68. The number of benzene rings is 1. The highest BCUT2D eigenvalue weighted by Gasteiger charge is 2.34. The Morgan fingerprint density at radius 1 is 1.13 bits per heavy atom. The van der Waals surface area contributed by atoms with E-state index in [-0.39, 0.29) is 5.56 Å². The highest BCUT2D eigenvalue weighted by molar-refractivity contribution is 5.96. The molecule has 0 bridgehead atoms. The predicted octanol–water partition coefficient (Wildman–Crippen LogP) is 3.52. The highest BCUT2D eigenvalue weighted by atomic mass is 19.4. The molecule has 15 heavy (non-hydrogen) atoms. The van der Waals surface area contributed by atoms with Crippen LogP contribution in [0, 0.1) is 13.8 Å². The summed E-state index contributed by atoms with van der Waals surface area (Å²) in [4.78, 5) is 11.1. The van der Waals surface area contributed by atoms with E-state index >= 15 is 0 Å². The summed E-state index contributed by atoms with van der Waals surface area (Å²) in [6.07, 6.45) is -4.47. The van der Waals surface area contributed by atoms with Gasteiger partial charge in [-0.15, -0.1) is 0 Å². The Bertz CT molecular complexity index is 405. The first kappa shape index (κ1) is 11.8. The van der Waals surface area contributed by atoms with Gasteiger partial charge in [-0.25, -0.2) is 0 Å². The van der Waals surface area contributed by atoms with Crippen molar-refractivity contribution in [3.8, 4) is 0 Å². The first-order chi connectivity index (χ1) is 6.73. The van der Waals surface area contributed by atoms with E-state index in [1.807, 2.05) is 0 Å². The van der Waals surface area contributed by atoms with Gasteiger partial charge < -0.3 is 0 Å². The van der Waals surface area contributed by atoms with Gasteiger partial charge in [0.25, 0.3) is 0 Å². The summed E-state index contributed by atoms with van der Waals surface area (Å²) in [5.41, 5.74) is 0.115. The third kappa shape index (κ3) is 2.37. The lowest BCUT2D eigenvalue weighted by atomic mass is 9.97. The van der Waals surface area contributed by atoms with E-state index in [9.17, 15) is 18.0 Å². The number of alkyl halides is 3. The fourth-order valence-electron chi connectivity index (χ4n) is 1.34. The zero-order valence-electron chi connectivity index (χ0n) is 8.70. The van der Waals surface area contributed by atoms with E-state index in [1.54, 1.807) is 13.8 Å². The van der Waals surface area contributed by atoms with Crippen LogP contribution in [0.25, 0.3) is 0 Å². The first-order valence-corrected chi connectivity index (χ1v) is 4.43. The van der Waals surface area contributed by atoms with Gasteiger partial charge in [-0.2, -0.15) is 13.2 Å². The Kier molecular flexibility index (Phi) is 2.88. The molecule has 0 aromatic heterocycles. The third-order valence-electron chi connectivity index (χ3n) is 2.32. The molecule has 0 fully saturated rings. The molecule has 0 spiro atoms. The minimum Gasteiger partial charge on any atom is -0.294 e. The van der Waals surface area contributed by atoms with Crippen molar-refractivity contribution in [1.29, 1.82) is 0 Å². The van der Waals surface area contributed by atoms with Crippen molar-refractivity contribution in [3.63, 3.8) is 0 Å². The molecule has 0 N–H and O–H groups in total. The Balaban J connectivity index is 3.49. The molecule has 1 rings (SSSR count). The predicted molar refractivity (Wildman–Crippen MR) is 50.9 cm³/mol. The minimum atomic E-state index is -4.47. The summed E-state index contributed by atoms with van der Waals surface area (Å²) < 4.78 is 37.7. The molecule has 0 saturated heterocycles. The second-order valence-electron chi connectivity index (χ2n) is 3.54. The Hall–Kier alpha value is -1.32. The van der Waals surface area contributed by atoms with E-state index in [0.29, 0.717) is 11.1 Å². The summed E-state index contributed by atoms with van der Waals surface area (Å²) in [6.45, 7) is 4.41. The third-order valence-corrected chi connectivity index (χ3v) is 2.32. The molecule has 1 nitrogen and oxygen atoms in total. The molecular weight excluding hydrogens is 205 g/mol. The summed E-state index contributed by atoms with van der Waals surface area (Å²) in [5, 5.41) is 0. The Morgan fingerprint density at radius 2 is 1.60 bits per heavy atom. The lowest BCUT2D eigenvalue weighted by Gasteiger charge is -2.13. The van der Waals surface area contributed by atoms with E-state index < -0.39 is 17.5 Å². The fourth-order valence-corrected chi connectivity index (χ4v) is 1.34. The Labute approximate surface area is 85.9 Å². The largest absolute Gasteiger partial charge is 0.417 e. The number of aryl methyl sites for hydroxylation is 2. The molecule has 0 aliphatic heterocycles. The van der Waals surface area contributed by atoms with Gasteiger partial charge in [0.1, 0.15) is 0 Å². The Morgan fingerprint density at radius 3 is 2.00 bits per heavy atom. The monoisotopic (exact) mass is 216 g/mol. The summed E-state index contributed by atoms with van der Waals surface area (Å²) in [6, 6.07) is 2.31. The first-order valence-electron chi connectivity index (χ1n) is 4.43. The lowest BCUT2D eigenvalue weighted by Crippen LogP contribution is -2.12. The maximum atomic E-state index is 12.6. The number of hydrogen-bond acceptors (Lipinski definition) is 1. The van der Waals surface area contributed by atoms with Crippen LogP contribution < -0.4 is 0 Å². The molecule has 0 aliphatic rings. The second-order valence-corrected chi connectivity index (χ2v) is 3.54. The van der Waals surface area contributed by atoms with Gasteiger partial charge in [0.05, 0.1) is 5.56 Å². The zero-order valence-corrected chi connectivity index (χ0v) is 8.70. The standard InChI is InChI=1S/C11H11F3O/c1-6-4-9(8(3)15)10(5-7(6)2)11(12,13)14/h4-5H,1-3H3. The van der Waals surface area contributed by atoms with E-state index in [1.165, 1.54) is 6.07 Å². The van der Waals surface area contributed by atoms with Crippen LogP contribution in [0.4, 0.5) is 13.2 Å². The minimum absolute atomic E-state index is 0.259. The van der Waals surface area contributed by atoms with Gasteiger partial charge in [-0.3, -0.25) is 4.79 Å². The molecule has 0 atom stereocenters. The number of halogens is 3. The summed E-state index contributed by atoms with van der Waals surface area (Å²) in [7, 11) is 0. The van der Waals surface area contributed by atoms with Crippen LogP contribution in [-0.4, -0.2) is 5.78 Å². The maximum absolute atomic E-state index is 12.6. The van der Waals surface area contributed by atoms with Gasteiger partial charge in [0, 0.05) is 5.56 Å². The number of carbonyl (C=O) groups is 1. The van der Waals surface area contributed by atoms with Gasteiger partial charge >= 0.3 is 6.18 Å². The highest BCUT2D eigenvalue weighted by Crippen LogP contribution is 2.33. The van der Waals surface area contributed by atoms with Crippen molar-refractivity contribution in [2.45, 2.75) is 26.9 Å². The molecule has 4 heteroatoms. The summed E-state index contributed by atoms with van der Waals surface area (Å²) in [5.74, 6) is -0.564. The van der Waals surface area contributed by atoms with E-state index in [4.69, 9.17) is 0 Å². The van der Waals surface area contributed by atoms with Crippen LogP contribution in [0.3, 0.4) is 0 Å². The quantitative estimate of drug-likeness (QED) is 0.656. The lowest BCUT2D eigenvalue weighted by molar-refractivity contribution is -0.137. The molecule has 1 aromatic rings. The van der Waals surface area contributed by atoms with Gasteiger partial charge in [-0.05, 0) is 44.0 Å². The molecule has 0 amide bonds. The van der Waals surface area contributed by atoms with Crippen molar-refractivity contribution in [2.75, 3.05) is 0 Å². The molecule has 0 unspecified atom stereocenters. The van der Waals surface area contributed by atoms with Crippen LogP contribution in [0.15, 0.2) is 12.1 Å². The van der Waals surface area contributed by atoms with E-state index in [0.717, 1.165) is 13.0 Å². The molecule has 0 heterocycles. The van der Waals surface area contributed by atoms with Crippen molar-refractivity contribution in [2.24, 2.45) is 0 Å². The van der Waals surface area contributed by atoms with E-state index in [2.05, 4.69) is 0 Å². The molecule has 1 aromatic carbocycles. The number of ketones is 1. The number of rotatable bonds is 1. The molecular formula is C11H11F3O. The molecule has 82 valence electrons. The van der Waals surface area contributed by atoms with Crippen molar-refractivity contribution in [1.82, 2.24) is 0 Å². The van der Waals surface area contributed by atoms with Gasteiger partial charge in [0.15, 0.2) is 5.78 Å². The SMILES string of the molecule is CC(=O)c1cc(C)c(C)cc1C(F)(F)F. The van der Waals surface area contributed by atoms with Crippen LogP contribution >= 0.6 is 0 Å². The molecule has 0 aliphatic carbocycles. The number of hydrogen-bond donors (Lipinski definition) is 0. The average Bonchev–Trinajstić information content (AvgIpc) is 2.06. The average molecular weight is 216 g/mol. The van der Waals surface area contributed by atoms with Crippen LogP contribution in [-0.2, 0) is 6.18 Å². The van der Waals surface area contributed by atoms with Gasteiger partial charge in [-0.1, -0.05) is 0 Å². The molecule has 0 radical (unpaired) electrons. The number of Topliss-reactive ketones (excluding diaryl/α,β-unsaturated/α-hetero) is 1. The summed E-state index contributed by atoms with van der Waals surface area (Å²) >= 11 is 0. The van der Waals surface area contributed by atoms with Crippen LogP contribution in [0.5, 0.6) is 0 Å². The van der Waals surface area contributed by atoms with Crippen LogP contribution in [0.1, 0.15) is 34.0 Å².